The standard InChI is InChI=1S/C17H24O2/c1-5-6-7-8-9-15(4)17(18)19-16-11-13(2)10-14(3)12-16/h9-12H,5-8H2,1-4H3. The highest BCUT2D eigenvalue weighted by Gasteiger charge is 2.07. The van der Waals surface area contributed by atoms with Crippen LogP contribution >= 0.6 is 0 Å². The summed E-state index contributed by atoms with van der Waals surface area (Å²) in [7, 11) is 0. The molecular formula is C17H24O2. The Balaban J connectivity index is 2.58. The highest BCUT2D eigenvalue weighted by Crippen LogP contribution is 2.17. The quantitative estimate of drug-likeness (QED) is 0.320. The minimum atomic E-state index is -0.249. The van der Waals surface area contributed by atoms with Gasteiger partial charge in [0.25, 0.3) is 0 Å². The van der Waals surface area contributed by atoms with Crippen molar-refractivity contribution < 1.29 is 9.53 Å². The summed E-state index contributed by atoms with van der Waals surface area (Å²) in [5, 5.41) is 0. The van der Waals surface area contributed by atoms with E-state index in [1.807, 2.05) is 39.0 Å². The van der Waals surface area contributed by atoms with Crippen LogP contribution in [0.5, 0.6) is 5.75 Å². The van der Waals surface area contributed by atoms with Crippen LogP contribution in [0.25, 0.3) is 0 Å². The monoisotopic (exact) mass is 260 g/mol. The maximum Gasteiger partial charge on any atom is 0.338 e. The summed E-state index contributed by atoms with van der Waals surface area (Å²) in [5.74, 6) is 0.380. The molecule has 0 spiro atoms. The molecule has 2 heteroatoms. The molecular weight excluding hydrogens is 236 g/mol. The van der Waals surface area contributed by atoms with Crippen LogP contribution in [0, 0.1) is 13.8 Å². The zero-order chi connectivity index (χ0) is 14.3. The second kappa shape index (κ2) is 7.78. The number of aryl methyl sites for hydroxylation is 2. The van der Waals surface area contributed by atoms with E-state index in [0.717, 1.165) is 24.0 Å². The van der Waals surface area contributed by atoms with Gasteiger partial charge in [-0.2, -0.15) is 0 Å². The molecule has 0 atom stereocenters. The molecule has 0 aliphatic carbocycles. The molecule has 0 saturated heterocycles. The van der Waals surface area contributed by atoms with Gasteiger partial charge in [-0.1, -0.05) is 31.9 Å². The minimum absolute atomic E-state index is 0.249. The highest BCUT2D eigenvalue weighted by molar-refractivity contribution is 5.89. The summed E-state index contributed by atoms with van der Waals surface area (Å²) in [6.45, 7) is 7.98. The van der Waals surface area contributed by atoms with Crippen LogP contribution < -0.4 is 4.74 Å². The predicted octanol–water partition coefficient (Wildman–Crippen LogP) is 4.74. The number of rotatable bonds is 6. The zero-order valence-corrected chi connectivity index (χ0v) is 12.5. The molecule has 0 fully saturated rings. The summed E-state index contributed by atoms with van der Waals surface area (Å²) in [6, 6.07) is 5.83. The molecule has 0 N–H and O–H groups in total. The molecule has 2 nitrogen and oxygen atoms in total. The van der Waals surface area contributed by atoms with E-state index in [0.29, 0.717) is 11.3 Å². The zero-order valence-electron chi connectivity index (χ0n) is 12.5. The van der Waals surface area contributed by atoms with Gasteiger partial charge in [0.15, 0.2) is 0 Å². The molecule has 1 rings (SSSR count). The molecule has 0 heterocycles. The number of carbonyl (C=O) groups is 1. The van der Waals surface area contributed by atoms with Crippen molar-refractivity contribution in [2.24, 2.45) is 0 Å². The SMILES string of the molecule is CCCCCC=C(C)C(=O)Oc1cc(C)cc(C)c1. The fourth-order valence-electron chi connectivity index (χ4n) is 1.98. The number of esters is 1. The third kappa shape index (κ3) is 5.73. The molecule has 0 aliphatic heterocycles. The van der Waals surface area contributed by atoms with E-state index < -0.39 is 0 Å². The Morgan fingerprint density at radius 2 is 1.79 bits per heavy atom. The number of hydrogen-bond donors (Lipinski definition) is 0. The van der Waals surface area contributed by atoms with Crippen molar-refractivity contribution in [1.82, 2.24) is 0 Å². The van der Waals surface area contributed by atoms with E-state index in [1.165, 1.54) is 12.8 Å². The van der Waals surface area contributed by atoms with Gasteiger partial charge in [-0.25, -0.2) is 4.79 Å². The van der Waals surface area contributed by atoms with Gasteiger partial charge in [0.1, 0.15) is 5.75 Å². The Kier molecular flexibility index (Phi) is 6.34. The number of carbonyl (C=O) groups excluding carboxylic acids is 1. The lowest BCUT2D eigenvalue weighted by atomic mass is 10.1. The van der Waals surface area contributed by atoms with Gasteiger partial charge in [-0.05, 0) is 56.9 Å². The van der Waals surface area contributed by atoms with Crippen molar-refractivity contribution >= 4 is 5.97 Å². The first-order valence-corrected chi connectivity index (χ1v) is 7.00. The fraction of sp³-hybridized carbons (Fsp3) is 0.471. The van der Waals surface area contributed by atoms with Gasteiger partial charge in [0.2, 0.25) is 0 Å². The second-order valence-electron chi connectivity index (χ2n) is 5.10. The van der Waals surface area contributed by atoms with Gasteiger partial charge in [0, 0.05) is 5.57 Å². The smallest absolute Gasteiger partial charge is 0.338 e. The number of allylic oxidation sites excluding steroid dienone is 1. The number of benzene rings is 1. The summed E-state index contributed by atoms with van der Waals surface area (Å²) >= 11 is 0. The number of unbranched alkanes of at least 4 members (excludes halogenated alkanes) is 3. The van der Waals surface area contributed by atoms with Crippen molar-refractivity contribution in [3.05, 3.63) is 41.0 Å². The van der Waals surface area contributed by atoms with Gasteiger partial charge in [-0.3, -0.25) is 0 Å². The van der Waals surface area contributed by atoms with Gasteiger partial charge in [0.05, 0.1) is 0 Å². The Labute approximate surface area is 116 Å². The third-order valence-corrected chi connectivity index (χ3v) is 2.99. The molecule has 0 bridgehead atoms. The van der Waals surface area contributed by atoms with E-state index >= 15 is 0 Å². The van der Waals surface area contributed by atoms with Crippen LogP contribution in [0.15, 0.2) is 29.8 Å². The molecule has 0 radical (unpaired) electrons. The van der Waals surface area contributed by atoms with Crippen molar-refractivity contribution in [2.75, 3.05) is 0 Å². The van der Waals surface area contributed by atoms with E-state index in [4.69, 9.17) is 4.74 Å². The van der Waals surface area contributed by atoms with E-state index in [9.17, 15) is 4.79 Å². The molecule has 1 aromatic rings. The van der Waals surface area contributed by atoms with E-state index in [-0.39, 0.29) is 5.97 Å². The molecule has 0 unspecified atom stereocenters. The molecule has 0 amide bonds. The normalized spacial score (nSPS) is 11.5. The lowest BCUT2D eigenvalue weighted by Gasteiger charge is -2.07. The van der Waals surface area contributed by atoms with Crippen LogP contribution in [0.2, 0.25) is 0 Å². The summed E-state index contributed by atoms with van der Waals surface area (Å²) in [5.41, 5.74) is 2.90. The third-order valence-electron chi connectivity index (χ3n) is 2.99. The minimum Gasteiger partial charge on any atom is -0.423 e. The topological polar surface area (TPSA) is 26.3 Å². The Hall–Kier alpha value is -1.57. The molecule has 1 aromatic carbocycles. The molecule has 0 saturated carbocycles. The van der Waals surface area contributed by atoms with Crippen LogP contribution in [-0.4, -0.2) is 5.97 Å². The maximum absolute atomic E-state index is 11.9. The molecule has 0 aromatic heterocycles. The van der Waals surface area contributed by atoms with Gasteiger partial charge < -0.3 is 4.74 Å². The molecule has 104 valence electrons. The van der Waals surface area contributed by atoms with Crippen molar-refractivity contribution in [2.45, 2.75) is 53.4 Å². The summed E-state index contributed by atoms with van der Waals surface area (Å²) in [4.78, 5) is 11.9. The Morgan fingerprint density at radius 3 is 2.37 bits per heavy atom. The highest BCUT2D eigenvalue weighted by atomic mass is 16.5. The van der Waals surface area contributed by atoms with Crippen LogP contribution in [0.4, 0.5) is 0 Å². The largest absolute Gasteiger partial charge is 0.423 e. The maximum atomic E-state index is 11.9. The van der Waals surface area contributed by atoms with Crippen LogP contribution in [0.3, 0.4) is 0 Å². The van der Waals surface area contributed by atoms with Crippen molar-refractivity contribution in [3.8, 4) is 5.75 Å². The van der Waals surface area contributed by atoms with Gasteiger partial charge in [-0.15, -0.1) is 0 Å². The molecule has 19 heavy (non-hydrogen) atoms. The van der Waals surface area contributed by atoms with Crippen LogP contribution in [0.1, 0.15) is 50.7 Å². The van der Waals surface area contributed by atoms with E-state index in [2.05, 4.69) is 13.0 Å². The van der Waals surface area contributed by atoms with Crippen molar-refractivity contribution in [3.63, 3.8) is 0 Å². The second-order valence-corrected chi connectivity index (χ2v) is 5.10. The first-order valence-electron chi connectivity index (χ1n) is 7.00. The Bertz CT molecular complexity index is 438. The van der Waals surface area contributed by atoms with Crippen LogP contribution in [-0.2, 0) is 4.79 Å². The van der Waals surface area contributed by atoms with Gasteiger partial charge >= 0.3 is 5.97 Å². The van der Waals surface area contributed by atoms with Crippen molar-refractivity contribution in [1.29, 1.82) is 0 Å². The first-order chi connectivity index (χ1) is 9.02. The van der Waals surface area contributed by atoms with E-state index in [1.54, 1.807) is 0 Å². The lowest BCUT2D eigenvalue weighted by Crippen LogP contribution is -2.09. The summed E-state index contributed by atoms with van der Waals surface area (Å²) in [6.07, 6.45) is 6.45. The lowest BCUT2D eigenvalue weighted by molar-refractivity contribution is -0.130. The molecule has 0 aliphatic rings. The number of ether oxygens (including phenoxy) is 1. The predicted molar refractivity (Wildman–Crippen MR) is 79.5 cm³/mol. The number of hydrogen-bond acceptors (Lipinski definition) is 2. The average molecular weight is 260 g/mol. The average Bonchev–Trinajstić information content (AvgIpc) is 2.33. The first kappa shape index (κ1) is 15.5. The summed E-state index contributed by atoms with van der Waals surface area (Å²) < 4.78 is 5.39. The fourth-order valence-corrected chi connectivity index (χ4v) is 1.98. The Morgan fingerprint density at radius 1 is 1.16 bits per heavy atom.